The van der Waals surface area contributed by atoms with Crippen molar-refractivity contribution in [1.82, 2.24) is 4.90 Å². The number of ether oxygens (including phenoxy) is 3. The lowest BCUT2D eigenvalue weighted by atomic mass is 9.94. The molecule has 1 heterocycles. The van der Waals surface area contributed by atoms with Crippen LogP contribution in [0.15, 0.2) is 48.0 Å². The van der Waals surface area contributed by atoms with E-state index in [4.69, 9.17) is 14.2 Å². The Balaban J connectivity index is 2.04. The Morgan fingerprint density at radius 3 is 2.40 bits per heavy atom. The molecule has 0 aliphatic carbocycles. The summed E-state index contributed by atoms with van der Waals surface area (Å²) in [6, 6.07) is 11.8. The minimum atomic E-state index is -0.709. The van der Waals surface area contributed by atoms with Crippen LogP contribution in [-0.2, 0) is 14.3 Å². The highest BCUT2D eigenvalue weighted by Gasteiger charge is 2.45. The molecule has 188 valence electrons. The second-order valence-corrected chi connectivity index (χ2v) is 9.03. The number of methoxy groups -OCH3 is 1. The van der Waals surface area contributed by atoms with E-state index in [0.29, 0.717) is 50.0 Å². The summed E-state index contributed by atoms with van der Waals surface area (Å²) in [6.45, 7) is 9.83. The van der Waals surface area contributed by atoms with Crippen molar-refractivity contribution >= 4 is 17.4 Å². The highest BCUT2D eigenvalue weighted by molar-refractivity contribution is 6.46. The van der Waals surface area contributed by atoms with Crippen LogP contribution in [-0.4, -0.2) is 55.2 Å². The number of aliphatic hydroxyl groups excluding tert-OH is 1. The summed E-state index contributed by atoms with van der Waals surface area (Å²) in [5, 5.41) is 11.3. The Morgan fingerprint density at radius 2 is 1.80 bits per heavy atom. The number of aryl methyl sites for hydroxylation is 1. The standard InChI is InChI=1S/C28H35NO6/c1-6-34-22-11-8-20(9-12-22)25-24(27(31)28(32)29(25)14-7-15-33-5)26(30)21-10-13-23(19(4)16-21)35-17-18(2)3/h8-13,16,18,25,30H,6-7,14-15,17H2,1-5H3/b26-24+/t25-/m0/s1. The number of ketones is 1. The van der Waals surface area contributed by atoms with Crippen LogP contribution in [0.2, 0.25) is 0 Å². The maximum atomic E-state index is 13.2. The molecule has 2 aromatic rings. The zero-order valence-electron chi connectivity index (χ0n) is 21.2. The van der Waals surface area contributed by atoms with Gasteiger partial charge in [0.1, 0.15) is 17.3 Å². The quantitative estimate of drug-likeness (QED) is 0.213. The lowest BCUT2D eigenvalue weighted by molar-refractivity contribution is -0.140. The highest BCUT2D eigenvalue weighted by atomic mass is 16.5. The van der Waals surface area contributed by atoms with Crippen LogP contribution in [0.25, 0.3) is 5.76 Å². The largest absolute Gasteiger partial charge is 0.507 e. The molecule has 1 aliphatic rings. The zero-order chi connectivity index (χ0) is 25.5. The Kier molecular flexibility index (Phi) is 8.93. The summed E-state index contributed by atoms with van der Waals surface area (Å²) in [7, 11) is 1.59. The minimum Gasteiger partial charge on any atom is -0.507 e. The fraction of sp³-hybridized carbons (Fsp3) is 0.429. The number of amides is 1. The second kappa shape index (κ2) is 11.9. The molecule has 1 N–H and O–H groups in total. The lowest BCUT2D eigenvalue weighted by Crippen LogP contribution is -2.31. The number of likely N-dealkylation sites (tertiary alicyclic amines) is 1. The van der Waals surface area contributed by atoms with Crippen molar-refractivity contribution < 1.29 is 28.9 Å². The number of hydrogen-bond acceptors (Lipinski definition) is 6. The fourth-order valence-corrected chi connectivity index (χ4v) is 4.12. The molecule has 1 atom stereocenters. The molecule has 0 saturated carbocycles. The Labute approximate surface area is 207 Å². The molecule has 35 heavy (non-hydrogen) atoms. The molecule has 7 heteroatoms. The summed E-state index contributed by atoms with van der Waals surface area (Å²) in [5.41, 5.74) is 2.10. The van der Waals surface area contributed by atoms with Crippen LogP contribution in [0, 0.1) is 12.8 Å². The van der Waals surface area contributed by atoms with Gasteiger partial charge in [-0.25, -0.2) is 0 Å². The highest BCUT2D eigenvalue weighted by Crippen LogP contribution is 2.40. The Morgan fingerprint density at radius 1 is 1.09 bits per heavy atom. The summed E-state index contributed by atoms with van der Waals surface area (Å²) in [6.07, 6.45) is 0.568. The van der Waals surface area contributed by atoms with Crippen molar-refractivity contribution in [2.45, 2.75) is 40.2 Å². The minimum absolute atomic E-state index is 0.0758. The summed E-state index contributed by atoms with van der Waals surface area (Å²) in [5.74, 6) is 0.269. The molecule has 1 aliphatic heterocycles. The summed E-state index contributed by atoms with van der Waals surface area (Å²) < 4.78 is 16.5. The van der Waals surface area contributed by atoms with E-state index in [1.165, 1.54) is 4.90 Å². The molecule has 1 amide bonds. The number of hydrogen-bond donors (Lipinski definition) is 1. The van der Waals surface area contributed by atoms with E-state index in [2.05, 4.69) is 13.8 Å². The molecule has 0 aromatic heterocycles. The summed E-state index contributed by atoms with van der Waals surface area (Å²) >= 11 is 0. The number of carbonyl (C=O) groups is 2. The van der Waals surface area contributed by atoms with Gasteiger partial charge in [-0.05, 0) is 67.6 Å². The lowest BCUT2D eigenvalue weighted by Gasteiger charge is -2.25. The van der Waals surface area contributed by atoms with Crippen LogP contribution in [0.3, 0.4) is 0 Å². The average molecular weight is 482 g/mol. The van der Waals surface area contributed by atoms with Gasteiger partial charge in [0, 0.05) is 25.8 Å². The van der Waals surface area contributed by atoms with Crippen LogP contribution in [0.4, 0.5) is 0 Å². The number of Topliss-reactive ketones (excluding diaryl/α,β-unsaturated/α-hetero) is 1. The van der Waals surface area contributed by atoms with E-state index in [-0.39, 0.29) is 11.3 Å². The van der Waals surface area contributed by atoms with Crippen molar-refractivity contribution in [2.24, 2.45) is 5.92 Å². The van der Waals surface area contributed by atoms with Gasteiger partial charge in [-0.3, -0.25) is 9.59 Å². The molecule has 0 unspecified atom stereocenters. The van der Waals surface area contributed by atoms with Gasteiger partial charge in [-0.1, -0.05) is 26.0 Å². The molecular weight excluding hydrogens is 446 g/mol. The number of benzene rings is 2. The SMILES string of the molecule is CCOc1ccc([C@H]2/C(=C(\O)c3ccc(OCC(C)C)c(C)c3)C(=O)C(=O)N2CCCOC)cc1. The van der Waals surface area contributed by atoms with E-state index in [9.17, 15) is 14.7 Å². The first-order valence-corrected chi connectivity index (χ1v) is 12.0. The van der Waals surface area contributed by atoms with Gasteiger partial charge in [0.15, 0.2) is 0 Å². The molecule has 0 bridgehead atoms. The molecule has 0 radical (unpaired) electrons. The van der Waals surface area contributed by atoms with E-state index in [0.717, 1.165) is 16.9 Å². The third-order valence-electron chi connectivity index (χ3n) is 5.81. The van der Waals surface area contributed by atoms with Gasteiger partial charge in [0.2, 0.25) is 0 Å². The molecule has 3 rings (SSSR count). The summed E-state index contributed by atoms with van der Waals surface area (Å²) in [4.78, 5) is 27.7. The van der Waals surface area contributed by atoms with Gasteiger partial charge >= 0.3 is 0 Å². The number of aliphatic hydroxyl groups is 1. The molecule has 7 nitrogen and oxygen atoms in total. The van der Waals surface area contributed by atoms with Crippen LogP contribution in [0.1, 0.15) is 49.9 Å². The maximum Gasteiger partial charge on any atom is 0.295 e. The third-order valence-corrected chi connectivity index (χ3v) is 5.81. The second-order valence-electron chi connectivity index (χ2n) is 9.03. The third kappa shape index (κ3) is 6.03. The van der Waals surface area contributed by atoms with Crippen LogP contribution >= 0.6 is 0 Å². The van der Waals surface area contributed by atoms with Crippen molar-refractivity contribution in [3.05, 3.63) is 64.7 Å². The molecule has 1 fully saturated rings. The maximum absolute atomic E-state index is 13.2. The van der Waals surface area contributed by atoms with Gasteiger partial charge in [-0.15, -0.1) is 0 Å². The Hall–Kier alpha value is -3.32. The van der Waals surface area contributed by atoms with Crippen molar-refractivity contribution in [3.63, 3.8) is 0 Å². The van der Waals surface area contributed by atoms with Gasteiger partial charge in [0.05, 0.1) is 24.8 Å². The van der Waals surface area contributed by atoms with Crippen molar-refractivity contribution in [1.29, 1.82) is 0 Å². The molecule has 2 aromatic carbocycles. The number of nitrogens with zero attached hydrogens (tertiary/aromatic N) is 1. The first-order valence-electron chi connectivity index (χ1n) is 12.0. The average Bonchev–Trinajstić information content (AvgIpc) is 3.08. The van der Waals surface area contributed by atoms with Crippen LogP contribution in [0.5, 0.6) is 11.5 Å². The first kappa shape index (κ1) is 26.3. The van der Waals surface area contributed by atoms with E-state index < -0.39 is 17.7 Å². The van der Waals surface area contributed by atoms with Crippen molar-refractivity contribution in [2.75, 3.05) is 33.5 Å². The van der Waals surface area contributed by atoms with E-state index >= 15 is 0 Å². The van der Waals surface area contributed by atoms with Crippen molar-refractivity contribution in [3.8, 4) is 11.5 Å². The van der Waals surface area contributed by atoms with E-state index in [1.54, 1.807) is 37.4 Å². The zero-order valence-corrected chi connectivity index (χ0v) is 21.2. The normalized spacial score (nSPS) is 17.3. The Bertz CT molecular complexity index is 1070. The predicted molar refractivity (Wildman–Crippen MR) is 135 cm³/mol. The first-order chi connectivity index (χ1) is 16.8. The smallest absolute Gasteiger partial charge is 0.295 e. The molecule has 1 saturated heterocycles. The van der Waals surface area contributed by atoms with Gasteiger partial charge in [0.25, 0.3) is 11.7 Å². The van der Waals surface area contributed by atoms with Gasteiger partial charge < -0.3 is 24.2 Å². The van der Waals surface area contributed by atoms with E-state index in [1.807, 2.05) is 26.0 Å². The van der Waals surface area contributed by atoms with Crippen LogP contribution < -0.4 is 9.47 Å². The number of rotatable bonds is 11. The fourth-order valence-electron chi connectivity index (χ4n) is 4.12. The van der Waals surface area contributed by atoms with Gasteiger partial charge in [-0.2, -0.15) is 0 Å². The topological polar surface area (TPSA) is 85.3 Å². The molecule has 0 spiro atoms. The number of carbonyl (C=O) groups excluding carboxylic acids is 2. The monoisotopic (exact) mass is 481 g/mol. The predicted octanol–water partition coefficient (Wildman–Crippen LogP) is 4.89. The molecular formula is C28H35NO6.